The molecule has 1 atom stereocenters. The number of nitrogens with zero attached hydrogens (tertiary/aromatic N) is 2. The third-order valence-corrected chi connectivity index (χ3v) is 9.48. The van der Waals surface area contributed by atoms with Crippen LogP contribution in [0.2, 0.25) is 5.02 Å². The highest BCUT2D eigenvalue weighted by atomic mass is 35.5. The first-order valence-electron chi connectivity index (χ1n) is 13.7. The van der Waals surface area contributed by atoms with Crippen LogP contribution in [0.4, 0.5) is 5.69 Å². The van der Waals surface area contributed by atoms with E-state index in [1.165, 1.54) is 17.0 Å². The van der Waals surface area contributed by atoms with E-state index in [9.17, 15) is 18.0 Å². The third-order valence-electron chi connectivity index (χ3n) is 7.39. The van der Waals surface area contributed by atoms with Gasteiger partial charge < -0.3 is 15.0 Å². The van der Waals surface area contributed by atoms with Crippen LogP contribution in [0.5, 0.6) is 5.75 Å². The predicted molar refractivity (Wildman–Crippen MR) is 161 cm³/mol. The Kier molecular flexibility index (Phi) is 9.94. The summed E-state index contributed by atoms with van der Waals surface area (Å²) in [5.74, 6) is -0.150. The van der Waals surface area contributed by atoms with Gasteiger partial charge in [0.05, 0.1) is 22.7 Å². The Morgan fingerprint density at radius 1 is 1.00 bits per heavy atom. The van der Waals surface area contributed by atoms with Crippen molar-refractivity contribution in [1.82, 2.24) is 10.2 Å². The Balaban J connectivity index is 1.69. The second-order valence-electron chi connectivity index (χ2n) is 10.3. The highest BCUT2D eigenvalue weighted by Crippen LogP contribution is 2.31. The summed E-state index contributed by atoms with van der Waals surface area (Å²) in [6.07, 6.45) is 3.91. The molecule has 3 aromatic carbocycles. The first kappa shape index (κ1) is 30.4. The van der Waals surface area contributed by atoms with Gasteiger partial charge in [-0.3, -0.25) is 13.9 Å². The topological polar surface area (TPSA) is 96.0 Å². The normalized spacial score (nSPS) is 14.3. The van der Waals surface area contributed by atoms with Crippen molar-refractivity contribution in [3.05, 3.63) is 88.9 Å². The second-order valence-corrected chi connectivity index (χ2v) is 12.6. The molecule has 0 heterocycles. The largest absolute Gasteiger partial charge is 0.497 e. The summed E-state index contributed by atoms with van der Waals surface area (Å²) in [7, 11) is -2.62. The minimum atomic E-state index is -4.18. The Hall–Kier alpha value is -3.56. The number of benzene rings is 3. The highest BCUT2D eigenvalue weighted by Gasteiger charge is 2.34. The molecular weight excluding hydrogens is 562 g/mol. The van der Waals surface area contributed by atoms with Crippen LogP contribution in [-0.4, -0.2) is 50.9 Å². The van der Waals surface area contributed by atoms with Crippen LogP contribution < -0.4 is 14.4 Å². The van der Waals surface area contributed by atoms with E-state index in [1.807, 2.05) is 19.1 Å². The Morgan fingerprint density at radius 2 is 1.63 bits per heavy atom. The van der Waals surface area contributed by atoms with Crippen molar-refractivity contribution in [3.8, 4) is 5.75 Å². The quantitative estimate of drug-likeness (QED) is 0.322. The van der Waals surface area contributed by atoms with E-state index in [0.29, 0.717) is 5.75 Å². The molecule has 0 radical (unpaired) electrons. The summed E-state index contributed by atoms with van der Waals surface area (Å²) in [6.45, 7) is 3.08. The number of para-hydroxylation sites is 1. The van der Waals surface area contributed by atoms with Gasteiger partial charge in [-0.15, -0.1) is 0 Å². The summed E-state index contributed by atoms with van der Waals surface area (Å²) >= 11 is 6.46. The summed E-state index contributed by atoms with van der Waals surface area (Å²) in [4.78, 5) is 28.8. The monoisotopic (exact) mass is 597 g/mol. The second kappa shape index (κ2) is 13.4. The van der Waals surface area contributed by atoms with Crippen LogP contribution in [-0.2, 0) is 26.2 Å². The molecular formula is C31H36ClN3O5S. The van der Waals surface area contributed by atoms with Crippen LogP contribution in [0.1, 0.15) is 43.7 Å². The summed E-state index contributed by atoms with van der Waals surface area (Å²) in [6, 6.07) is 19.3. The molecule has 41 heavy (non-hydrogen) atoms. The van der Waals surface area contributed by atoms with Crippen LogP contribution in [0.25, 0.3) is 0 Å². The van der Waals surface area contributed by atoms with Crippen LogP contribution in [0.15, 0.2) is 77.7 Å². The fraction of sp³-hybridized carbons (Fsp3) is 0.355. The lowest BCUT2D eigenvalue weighted by Crippen LogP contribution is -2.52. The zero-order chi connectivity index (χ0) is 29.6. The van der Waals surface area contributed by atoms with E-state index < -0.39 is 28.5 Å². The number of carbonyl (C=O) groups is 2. The molecule has 3 aromatic rings. The molecule has 0 bridgehead atoms. The van der Waals surface area contributed by atoms with Crippen molar-refractivity contribution in [2.24, 2.45) is 0 Å². The minimum Gasteiger partial charge on any atom is -0.497 e. The van der Waals surface area contributed by atoms with Gasteiger partial charge in [0, 0.05) is 12.6 Å². The number of rotatable bonds is 11. The van der Waals surface area contributed by atoms with Gasteiger partial charge in [0.15, 0.2) is 0 Å². The van der Waals surface area contributed by atoms with Gasteiger partial charge in [0.25, 0.3) is 10.0 Å². The van der Waals surface area contributed by atoms with Crippen molar-refractivity contribution in [2.75, 3.05) is 18.0 Å². The molecule has 218 valence electrons. The molecule has 2 amide bonds. The molecule has 1 aliphatic carbocycles. The SMILES string of the molecule is COc1ccc(CN(C(=O)CN(c2ccccc2Cl)S(=O)(=O)c2ccc(C)cc2)C(C)C(=O)NC2CCCC2)cc1. The van der Waals surface area contributed by atoms with E-state index in [0.717, 1.165) is 41.1 Å². The number of amides is 2. The summed E-state index contributed by atoms with van der Waals surface area (Å²) in [5.41, 5.74) is 1.85. The van der Waals surface area contributed by atoms with E-state index in [4.69, 9.17) is 16.3 Å². The number of halogens is 1. The number of sulfonamides is 1. The molecule has 1 aliphatic rings. The lowest BCUT2D eigenvalue weighted by atomic mass is 10.1. The van der Waals surface area contributed by atoms with Crippen molar-refractivity contribution in [3.63, 3.8) is 0 Å². The highest BCUT2D eigenvalue weighted by molar-refractivity contribution is 7.92. The molecule has 0 aromatic heterocycles. The van der Waals surface area contributed by atoms with Gasteiger partial charge in [-0.2, -0.15) is 0 Å². The van der Waals surface area contributed by atoms with Crippen LogP contribution >= 0.6 is 11.6 Å². The average Bonchev–Trinajstić information content (AvgIpc) is 3.48. The van der Waals surface area contributed by atoms with E-state index in [-0.39, 0.29) is 34.1 Å². The van der Waals surface area contributed by atoms with Crippen molar-refractivity contribution < 1.29 is 22.7 Å². The molecule has 8 nitrogen and oxygen atoms in total. The lowest BCUT2D eigenvalue weighted by Gasteiger charge is -2.32. The number of nitrogens with one attached hydrogen (secondary N) is 1. The number of hydrogen-bond donors (Lipinski definition) is 1. The molecule has 0 saturated heterocycles. The minimum absolute atomic E-state index is 0.0320. The first-order chi connectivity index (χ1) is 19.6. The third kappa shape index (κ3) is 7.40. The maximum atomic E-state index is 14.1. The van der Waals surface area contributed by atoms with Gasteiger partial charge in [0.2, 0.25) is 11.8 Å². The number of hydrogen-bond acceptors (Lipinski definition) is 5. The number of anilines is 1. The zero-order valence-corrected chi connectivity index (χ0v) is 25.1. The van der Waals surface area contributed by atoms with Crippen molar-refractivity contribution in [2.45, 2.75) is 63.1 Å². The Morgan fingerprint density at radius 3 is 2.24 bits per heavy atom. The maximum absolute atomic E-state index is 14.1. The molecule has 4 rings (SSSR count). The van der Waals surface area contributed by atoms with Crippen molar-refractivity contribution >= 4 is 39.1 Å². The number of methoxy groups -OCH3 is 1. The first-order valence-corrected chi connectivity index (χ1v) is 15.5. The number of ether oxygens (including phenoxy) is 1. The molecule has 1 unspecified atom stereocenters. The summed E-state index contributed by atoms with van der Waals surface area (Å²) in [5, 5.41) is 3.25. The predicted octanol–water partition coefficient (Wildman–Crippen LogP) is 5.33. The van der Waals surface area contributed by atoms with Crippen LogP contribution in [0, 0.1) is 6.92 Å². The molecule has 0 aliphatic heterocycles. The number of aryl methyl sites for hydroxylation is 1. The van der Waals surface area contributed by atoms with E-state index in [2.05, 4.69) is 5.32 Å². The molecule has 1 fully saturated rings. The van der Waals surface area contributed by atoms with Gasteiger partial charge in [0.1, 0.15) is 18.3 Å². The zero-order valence-electron chi connectivity index (χ0n) is 23.5. The number of carbonyl (C=O) groups excluding carboxylic acids is 2. The fourth-order valence-electron chi connectivity index (χ4n) is 4.91. The van der Waals surface area contributed by atoms with Gasteiger partial charge in [-0.1, -0.05) is 66.4 Å². The summed E-state index contributed by atoms with van der Waals surface area (Å²) < 4.78 is 34.1. The smallest absolute Gasteiger partial charge is 0.264 e. The molecule has 1 N–H and O–H groups in total. The average molecular weight is 598 g/mol. The molecule has 0 spiro atoms. The van der Waals surface area contributed by atoms with E-state index >= 15 is 0 Å². The van der Waals surface area contributed by atoms with Gasteiger partial charge in [-0.25, -0.2) is 8.42 Å². The van der Waals surface area contributed by atoms with Crippen molar-refractivity contribution in [1.29, 1.82) is 0 Å². The molecule has 10 heteroatoms. The van der Waals surface area contributed by atoms with E-state index in [1.54, 1.807) is 62.6 Å². The van der Waals surface area contributed by atoms with Gasteiger partial charge in [-0.05, 0) is 68.7 Å². The van der Waals surface area contributed by atoms with Gasteiger partial charge >= 0.3 is 0 Å². The Bertz CT molecular complexity index is 1460. The lowest BCUT2D eigenvalue weighted by molar-refractivity contribution is -0.139. The maximum Gasteiger partial charge on any atom is 0.264 e. The standard InChI is InChI=1S/C31H36ClN3O5S/c1-22-12-18-27(19-13-22)41(38,39)35(29-11-7-6-10-28(29)32)21-30(36)34(20-24-14-16-26(40-3)17-15-24)23(2)31(37)33-25-8-4-5-9-25/h6-7,10-19,23,25H,4-5,8-9,20-21H2,1-3H3,(H,33,37). The Labute approximate surface area is 247 Å². The fourth-order valence-corrected chi connectivity index (χ4v) is 6.63. The van der Waals surface area contributed by atoms with Crippen LogP contribution in [0.3, 0.4) is 0 Å². The molecule has 1 saturated carbocycles.